The zero-order valence-corrected chi connectivity index (χ0v) is 19.8. The van der Waals surface area contributed by atoms with E-state index in [1.54, 1.807) is 11.5 Å². The molecule has 1 heterocycles. The molecule has 0 aliphatic carbocycles. The van der Waals surface area contributed by atoms with E-state index in [1.807, 2.05) is 13.8 Å². The molecule has 3 aromatic rings. The zero-order valence-electron chi connectivity index (χ0n) is 19.8. The normalized spacial score (nSPS) is 12.2. The van der Waals surface area contributed by atoms with Gasteiger partial charge in [0.15, 0.2) is 5.75 Å². The van der Waals surface area contributed by atoms with Gasteiger partial charge in [0.1, 0.15) is 16.9 Å². The molecule has 0 bridgehead atoms. The maximum absolute atomic E-state index is 13.9. The van der Waals surface area contributed by atoms with Crippen LogP contribution < -0.4 is 10.1 Å². The number of nitrogens with zero attached hydrogens (tertiary/aromatic N) is 1. The number of nitrogens with one attached hydrogen (secondary N) is 2. The van der Waals surface area contributed by atoms with Gasteiger partial charge in [-0.1, -0.05) is 19.1 Å². The predicted molar refractivity (Wildman–Crippen MR) is 118 cm³/mol. The maximum Gasteiger partial charge on any atom is 0.420 e. The third-order valence-electron chi connectivity index (χ3n) is 5.18. The summed E-state index contributed by atoms with van der Waals surface area (Å²) in [6.45, 7) is 3.74. The molecule has 1 aromatic heterocycles. The average Bonchev–Trinajstić information content (AvgIpc) is 3.22. The number of hydrogen-bond acceptors (Lipinski definition) is 5. The molecule has 8 nitrogen and oxygen atoms in total. The minimum Gasteiger partial charge on any atom is -0.456 e. The van der Waals surface area contributed by atoms with Crippen LogP contribution >= 0.6 is 0 Å². The fourth-order valence-corrected chi connectivity index (χ4v) is 3.52. The first-order valence-electron chi connectivity index (χ1n) is 10.5. The van der Waals surface area contributed by atoms with Crippen LogP contribution in [0.4, 0.5) is 32.0 Å². The number of amides is 2. The lowest BCUT2D eigenvalue weighted by Crippen LogP contribution is -2.38. The molecule has 2 N–H and O–H groups in total. The number of ether oxygens (including phenoxy) is 1. The standard InChI is InChI=1S/C23H21F6N3O5/c1-11(2)15-10-30-18-6-5-13(9-14(15)18)37-19-16(22(24,25)26)7-12(8-17(19)23(27,28)29)31-20(33)21(34)32(35-3)36-4/h5-11,30H,1-4H3,(H,31,33). The van der Waals surface area contributed by atoms with Gasteiger partial charge in [-0.3, -0.25) is 9.59 Å². The molecule has 0 aliphatic rings. The van der Waals surface area contributed by atoms with E-state index < -0.39 is 46.7 Å². The number of hydrogen-bond donors (Lipinski definition) is 2. The maximum atomic E-state index is 13.9. The van der Waals surface area contributed by atoms with Crippen molar-refractivity contribution in [1.29, 1.82) is 0 Å². The molecule has 0 saturated heterocycles. The van der Waals surface area contributed by atoms with Gasteiger partial charge in [0.25, 0.3) is 0 Å². The summed E-state index contributed by atoms with van der Waals surface area (Å²) in [4.78, 5) is 35.9. The van der Waals surface area contributed by atoms with E-state index in [9.17, 15) is 35.9 Å². The molecule has 0 unspecified atom stereocenters. The molecule has 3 rings (SSSR count). The summed E-state index contributed by atoms with van der Waals surface area (Å²) < 4.78 is 88.8. The van der Waals surface area contributed by atoms with Crippen molar-refractivity contribution in [2.45, 2.75) is 32.1 Å². The van der Waals surface area contributed by atoms with Crippen LogP contribution in [0, 0.1) is 0 Å². The highest BCUT2D eigenvalue weighted by Gasteiger charge is 2.43. The summed E-state index contributed by atoms with van der Waals surface area (Å²) >= 11 is 0. The van der Waals surface area contributed by atoms with Crippen LogP contribution in [0.2, 0.25) is 0 Å². The number of aromatic nitrogens is 1. The number of carbonyl (C=O) groups is 2. The summed E-state index contributed by atoms with van der Waals surface area (Å²) in [6, 6.07) is 4.48. The lowest BCUT2D eigenvalue weighted by molar-refractivity contribution is -0.314. The minimum atomic E-state index is -5.33. The van der Waals surface area contributed by atoms with Gasteiger partial charge in [0, 0.05) is 22.8 Å². The Kier molecular flexibility index (Phi) is 7.74. The fourth-order valence-electron chi connectivity index (χ4n) is 3.52. The molecule has 0 saturated carbocycles. The number of carbonyl (C=O) groups excluding carboxylic acids is 2. The van der Waals surface area contributed by atoms with Gasteiger partial charge < -0.3 is 15.0 Å². The topological polar surface area (TPSA) is 92.9 Å². The van der Waals surface area contributed by atoms with Gasteiger partial charge >= 0.3 is 24.2 Å². The molecular formula is C23H21F6N3O5. The summed E-state index contributed by atoms with van der Waals surface area (Å²) in [7, 11) is 1.89. The molecule has 200 valence electrons. The molecule has 0 spiro atoms. The Hall–Kier alpha value is -3.78. The third-order valence-corrected chi connectivity index (χ3v) is 5.18. The fraction of sp³-hybridized carbons (Fsp3) is 0.304. The summed E-state index contributed by atoms with van der Waals surface area (Å²) in [5.74, 6) is -4.92. The van der Waals surface area contributed by atoms with E-state index in [1.165, 1.54) is 18.2 Å². The Labute approximate surface area is 206 Å². The number of anilines is 1. The quantitative estimate of drug-likeness (QED) is 0.230. The number of benzene rings is 2. The van der Waals surface area contributed by atoms with E-state index >= 15 is 0 Å². The highest BCUT2D eigenvalue weighted by molar-refractivity contribution is 6.39. The Bertz CT molecular complexity index is 1280. The lowest BCUT2D eigenvalue weighted by Gasteiger charge is -2.21. The van der Waals surface area contributed by atoms with E-state index in [2.05, 4.69) is 14.7 Å². The average molecular weight is 533 g/mol. The van der Waals surface area contributed by atoms with Gasteiger partial charge in [-0.25, -0.2) is 9.68 Å². The predicted octanol–water partition coefficient (Wildman–Crippen LogP) is 6.01. The SMILES string of the molecule is CON(OC)C(=O)C(=O)Nc1cc(C(F)(F)F)c(Oc2ccc3[nH]cc(C(C)C)c3c2)c(C(F)(F)F)c1. The van der Waals surface area contributed by atoms with Gasteiger partial charge in [-0.2, -0.15) is 26.3 Å². The Morgan fingerprint density at radius 2 is 1.51 bits per heavy atom. The zero-order chi connectivity index (χ0) is 27.7. The van der Waals surface area contributed by atoms with Crippen molar-refractivity contribution in [3.8, 4) is 11.5 Å². The lowest BCUT2D eigenvalue weighted by atomic mass is 10.0. The monoisotopic (exact) mass is 533 g/mol. The first-order valence-corrected chi connectivity index (χ1v) is 10.5. The van der Waals surface area contributed by atoms with Crippen molar-refractivity contribution in [3.63, 3.8) is 0 Å². The van der Waals surface area contributed by atoms with Crippen molar-refractivity contribution in [2.75, 3.05) is 19.5 Å². The summed E-state index contributed by atoms with van der Waals surface area (Å²) in [5.41, 5.74) is -3.19. The van der Waals surface area contributed by atoms with Gasteiger partial charge in [0.05, 0.1) is 14.2 Å². The Balaban J connectivity index is 2.12. The first-order chi connectivity index (χ1) is 17.2. The molecule has 0 fully saturated rings. The molecule has 14 heteroatoms. The molecule has 37 heavy (non-hydrogen) atoms. The second-order valence-electron chi connectivity index (χ2n) is 7.99. The first kappa shape index (κ1) is 27.8. The van der Waals surface area contributed by atoms with E-state index in [0.29, 0.717) is 10.9 Å². The molecule has 0 atom stereocenters. The Morgan fingerprint density at radius 1 is 0.946 bits per heavy atom. The van der Waals surface area contributed by atoms with Crippen molar-refractivity contribution >= 4 is 28.4 Å². The van der Waals surface area contributed by atoms with Crippen molar-refractivity contribution in [1.82, 2.24) is 10.2 Å². The number of H-pyrrole nitrogens is 1. The van der Waals surface area contributed by atoms with E-state index in [4.69, 9.17) is 4.74 Å². The summed E-state index contributed by atoms with van der Waals surface area (Å²) in [6.07, 6.45) is -8.96. The van der Waals surface area contributed by atoms with Crippen LogP contribution in [0.5, 0.6) is 11.5 Å². The molecule has 2 aromatic carbocycles. The Morgan fingerprint density at radius 3 is 2.00 bits per heavy atom. The number of halogens is 6. The second kappa shape index (κ2) is 10.3. The van der Waals surface area contributed by atoms with E-state index in [0.717, 1.165) is 19.8 Å². The van der Waals surface area contributed by atoms with Gasteiger partial charge in [-0.05, 0) is 41.8 Å². The number of hydroxylamine groups is 2. The van der Waals surface area contributed by atoms with Crippen LogP contribution in [-0.4, -0.2) is 36.2 Å². The number of aromatic amines is 1. The number of alkyl halides is 6. The molecule has 0 radical (unpaired) electrons. The number of rotatable bonds is 6. The largest absolute Gasteiger partial charge is 0.456 e. The van der Waals surface area contributed by atoms with Crippen molar-refractivity contribution in [3.05, 3.63) is 53.2 Å². The highest BCUT2D eigenvalue weighted by Crippen LogP contribution is 2.47. The van der Waals surface area contributed by atoms with Crippen LogP contribution in [0.1, 0.15) is 36.5 Å². The summed E-state index contributed by atoms with van der Waals surface area (Å²) in [5, 5.41) is 2.34. The molecular weight excluding hydrogens is 512 g/mol. The van der Waals surface area contributed by atoms with Crippen molar-refractivity contribution in [2.24, 2.45) is 0 Å². The van der Waals surface area contributed by atoms with Crippen LogP contribution in [0.3, 0.4) is 0 Å². The van der Waals surface area contributed by atoms with Crippen LogP contribution in [0.15, 0.2) is 36.5 Å². The highest BCUT2D eigenvalue weighted by atomic mass is 19.4. The van der Waals surface area contributed by atoms with Crippen LogP contribution in [-0.2, 0) is 31.6 Å². The number of fused-ring (bicyclic) bond motifs is 1. The smallest absolute Gasteiger partial charge is 0.420 e. The molecule has 0 aliphatic heterocycles. The molecule has 2 amide bonds. The van der Waals surface area contributed by atoms with Crippen LogP contribution in [0.25, 0.3) is 10.9 Å². The minimum absolute atomic E-state index is 0.0122. The van der Waals surface area contributed by atoms with E-state index in [-0.39, 0.29) is 29.0 Å². The second-order valence-corrected chi connectivity index (χ2v) is 7.99. The third kappa shape index (κ3) is 5.97. The van der Waals surface area contributed by atoms with Gasteiger partial charge in [-0.15, -0.1) is 0 Å². The van der Waals surface area contributed by atoms with Crippen molar-refractivity contribution < 1.29 is 50.3 Å². The van der Waals surface area contributed by atoms with Gasteiger partial charge in [0.2, 0.25) is 0 Å².